The van der Waals surface area contributed by atoms with Crippen LogP contribution in [0.1, 0.15) is 41.2 Å². The van der Waals surface area contributed by atoms with E-state index in [0.717, 1.165) is 18.5 Å². The third kappa shape index (κ3) is 3.96. The average molecular weight is 382 g/mol. The highest BCUT2D eigenvalue weighted by Gasteiger charge is 2.24. The van der Waals surface area contributed by atoms with E-state index in [4.69, 9.17) is 4.42 Å². The maximum atomic E-state index is 12.7. The molecular formula is C21H22N2O3S. The van der Waals surface area contributed by atoms with Crippen LogP contribution in [0.4, 0.5) is 0 Å². The lowest BCUT2D eigenvalue weighted by atomic mass is 10.0. The number of piperidine rings is 1. The van der Waals surface area contributed by atoms with Crippen LogP contribution >= 0.6 is 11.3 Å². The number of hydrogen-bond donors (Lipinski definition) is 1. The predicted molar refractivity (Wildman–Crippen MR) is 107 cm³/mol. The molecule has 1 aromatic carbocycles. The Bertz CT molecular complexity index is 975. The van der Waals surface area contributed by atoms with E-state index in [-0.39, 0.29) is 17.5 Å². The van der Waals surface area contributed by atoms with Crippen LogP contribution in [-0.4, -0.2) is 30.4 Å². The molecule has 3 aromatic rings. The lowest BCUT2D eigenvalue weighted by molar-refractivity contribution is 0.0921. The van der Waals surface area contributed by atoms with Crippen LogP contribution in [0.2, 0.25) is 0 Å². The smallest absolute Gasteiger partial charge is 0.349 e. The number of rotatable bonds is 5. The summed E-state index contributed by atoms with van der Waals surface area (Å²) in [4.78, 5) is 27.3. The number of carbonyl (C=O) groups excluding carboxylic acids is 1. The number of thiophene rings is 1. The molecule has 0 saturated carbocycles. The van der Waals surface area contributed by atoms with Crippen molar-refractivity contribution in [3.8, 4) is 0 Å². The molecule has 1 unspecified atom stereocenters. The standard InChI is InChI=1S/C21H22N2O3S/c24-20(17-12-15-6-2-3-7-19(15)26-21(17)25)22-13-18(16-8-11-27-14-16)23-9-4-1-5-10-23/h2-3,6-8,11-12,14,18H,1,4-5,9-10,13H2,(H,22,24). The monoisotopic (exact) mass is 382 g/mol. The van der Waals surface area contributed by atoms with E-state index in [9.17, 15) is 9.59 Å². The van der Waals surface area contributed by atoms with Crippen molar-refractivity contribution < 1.29 is 9.21 Å². The molecule has 1 atom stereocenters. The second-order valence-corrected chi connectivity index (χ2v) is 7.64. The normalized spacial score (nSPS) is 16.3. The minimum absolute atomic E-state index is 0.0522. The van der Waals surface area contributed by atoms with Crippen molar-refractivity contribution in [3.63, 3.8) is 0 Å². The van der Waals surface area contributed by atoms with E-state index in [1.807, 2.05) is 12.1 Å². The number of fused-ring (bicyclic) bond motifs is 1. The lowest BCUT2D eigenvalue weighted by Gasteiger charge is -2.34. The second-order valence-electron chi connectivity index (χ2n) is 6.86. The van der Waals surface area contributed by atoms with Crippen LogP contribution in [0, 0.1) is 0 Å². The van der Waals surface area contributed by atoms with Gasteiger partial charge in [-0.3, -0.25) is 9.69 Å². The zero-order valence-corrected chi connectivity index (χ0v) is 15.8. The third-order valence-electron chi connectivity index (χ3n) is 5.10. The fourth-order valence-electron chi connectivity index (χ4n) is 3.66. The molecule has 0 spiro atoms. The Balaban J connectivity index is 1.53. The zero-order valence-electron chi connectivity index (χ0n) is 15.0. The fraction of sp³-hybridized carbons (Fsp3) is 0.333. The first-order valence-electron chi connectivity index (χ1n) is 9.29. The molecule has 1 N–H and O–H groups in total. The summed E-state index contributed by atoms with van der Waals surface area (Å²) in [6.45, 7) is 2.55. The van der Waals surface area contributed by atoms with E-state index in [1.165, 1.54) is 24.8 Å². The first kappa shape index (κ1) is 17.9. The van der Waals surface area contributed by atoms with E-state index in [1.54, 1.807) is 29.5 Å². The third-order valence-corrected chi connectivity index (χ3v) is 5.80. The molecule has 1 fully saturated rings. The van der Waals surface area contributed by atoms with Gasteiger partial charge >= 0.3 is 5.63 Å². The molecule has 0 bridgehead atoms. The minimum atomic E-state index is -0.601. The molecule has 0 radical (unpaired) electrons. The molecule has 1 aliphatic rings. The van der Waals surface area contributed by atoms with Gasteiger partial charge in [0.05, 0.1) is 6.04 Å². The van der Waals surface area contributed by atoms with Gasteiger partial charge in [-0.15, -0.1) is 0 Å². The van der Waals surface area contributed by atoms with Crippen LogP contribution in [-0.2, 0) is 0 Å². The van der Waals surface area contributed by atoms with E-state index < -0.39 is 5.63 Å². The summed E-state index contributed by atoms with van der Waals surface area (Å²) in [7, 11) is 0. The van der Waals surface area contributed by atoms with Gasteiger partial charge in [0.25, 0.3) is 5.91 Å². The van der Waals surface area contributed by atoms with Crippen LogP contribution in [0.15, 0.2) is 56.4 Å². The van der Waals surface area contributed by atoms with Crippen LogP contribution < -0.4 is 10.9 Å². The predicted octanol–water partition coefficient (Wildman–Crippen LogP) is 3.81. The zero-order chi connectivity index (χ0) is 18.6. The van der Waals surface area contributed by atoms with Crippen molar-refractivity contribution in [2.75, 3.05) is 19.6 Å². The van der Waals surface area contributed by atoms with Gasteiger partial charge in [0.1, 0.15) is 11.1 Å². The largest absolute Gasteiger partial charge is 0.422 e. The first-order chi connectivity index (χ1) is 13.2. The number of nitrogens with one attached hydrogen (secondary N) is 1. The van der Waals surface area contributed by atoms with Crippen molar-refractivity contribution in [2.45, 2.75) is 25.3 Å². The topological polar surface area (TPSA) is 62.6 Å². The fourth-order valence-corrected chi connectivity index (χ4v) is 4.36. The molecular weight excluding hydrogens is 360 g/mol. The molecule has 0 aliphatic carbocycles. The van der Waals surface area contributed by atoms with Gasteiger partial charge < -0.3 is 9.73 Å². The van der Waals surface area contributed by atoms with Gasteiger partial charge in [0.2, 0.25) is 0 Å². The minimum Gasteiger partial charge on any atom is -0.422 e. The van der Waals surface area contributed by atoms with Crippen LogP contribution in [0.5, 0.6) is 0 Å². The Labute approximate surface area is 161 Å². The van der Waals surface area contributed by atoms with Gasteiger partial charge in [-0.2, -0.15) is 11.3 Å². The van der Waals surface area contributed by atoms with E-state index in [2.05, 4.69) is 27.0 Å². The highest BCUT2D eigenvalue weighted by atomic mass is 32.1. The van der Waals surface area contributed by atoms with Gasteiger partial charge in [0.15, 0.2) is 0 Å². The number of carbonyl (C=O) groups is 1. The van der Waals surface area contributed by atoms with Crippen LogP contribution in [0.3, 0.4) is 0 Å². The number of hydrogen-bond acceptors (Lipinski definition) is 5. The summed E-state index contributed by atoms with van der Waals surface area (Å²) in [5.41, 5.74) is 1.16. The SMILES string of the molecule is O=C(NCC(c1ccsc1)N1CCCCC1)c1cc2ccccc2oc1=O. The number of nitrogens with zero attached hydrogens (tertiary/aromatic N) is 1. The highest BCUT2D eigenvalue weighted by Crippen LogP contribution is 2.26. The molecule has 6 heteroatoms. The second kappa shape index (κ2) is 8.06. The number of para-hydroxylation sites is 1. The van der Waals surface area contributed by atoms with Crippen molar-refractivity contribution >= 4 is 28.2 Å². The maximum Gasteiger partial charge on any atom is 0.349 e. The Morgan fingerprint density at radius 3 is 2.78 bits per heavy atom. The van der Waals surface area contributed by atoms with E-state index in [0.29, 0.717) is 12.1 Å². The number of likely N-dealkylation sites (tertiary alicyclic amines) is 1. The Morgan fingerprint density at radius 1 is 1.19 bits per heavy atom. The molecule has 27 heavy (non-hydrogen) atoms. The average Bonchev–Trinajstić information content (AvgIpc) is 3.23. The van der Waals surface area contributed by atoms with Crippen molar-refractivity contribution in [2.24, 2.45) is 0 Å². The summed E-state index contributed by atoms with van der Waals surface area (Å²) in [5.74, 6) is -0.383. The highest BCUT2D eigenvalue weighted by molar-refractivity contribution is 7.07. The lowest BCUT2D eigenvalue weighted by Crippen LogP contribution is -2.41. The molecule has 2 aromatic heterocycles. The number of amides is 1. The Kier molecular flexibility index (Phi) is 5.36. The van der Waals surface area contributed by atoms with Crippen molar-refractivity contribution in [3.05, 3.63) is 68.7 Å². The number of benzene rings is 1. The van der Waals surface area contributed by atoms with Crippen molar-refractivity contribution in [1.82, 2.24) is 10.2 Å². The molecule has 1 aliphatic heterocycles. The Morgan fingerprint density at radius 2 is 2.00 bits per heavy atom. The van der Waals surface area contributed by atoms with Gasteiger partial charge in [-0.05, 0) is 60.5 Å². The van der Waals surface area contributed by atoms with Crippen LogP contribution in [0.25, 0.3) is 11.0 Å². The summed E-state index contributed by atoms with van der Waals surface area (Å²) in [5, 5.41) is 7.89. The van der Waals surface area contributed by atoms with E-state index >= 15 is 0 Å². The molecule has 4 rings (SSSR count). The van der Waals surface area contributed by atoms with Crippen molar-refractivity contribution in [1.29, 1.82) is 0 Å². The first-order valence-corrected chi connectivity index (χ1v) is 10.2. The molecule has 3 heterocycles. The molecule has 5 nitrogen and oxygen atoms in total. The van der Waals surface area contributed by atoms with Gasteiger partial charge in [-0.1, -0.05) is 24.6 Å². The summed E-state index contributed by atoms with van der Waals surface area (Å²) >= 11 is 1.66. The van der Waals surface area contributed by atoms with Gasteiger partial charge in [-0.25, -0.2) is 4.79 Å². The summed E-state index contributed by atoms with van der Waals surface area (Å²) < 4.78 is 5.28. The molecule has 1 saturated heterocycles. The quantitative estimate of drug-likeness (QED) is 0.682. The van der Waals surface area contributed by atoms with Gasteiger partial charge in [0, 0.05) is 11.9 Å². The maximum absolute atomic E-state index is 12.7. The summed E-state index contributed by atoms with van der Waals surface area (Å²) in [6.07, 6.45) is 3.63. The summed E-state index contributed by atoms with van der Waals surface area (Å²) in [6, 6.07) is 11.1. The molecule has 140 valence electrons. The Hall–Kier alpha value is -2.44. The molecule has 1 amide bonds.